The first-order chi connectivity index (χ1) is 34.4. The minimum atomic E-state index is -1.63. The summed E-state index contributed by atoms with van der Waals surface area (Å²) in [4.78, 5) is 9.20. The highest BCUT2D eigenvalue weighted by Crippen LogP contribution is 2.40. The van der Waals surface area contributed by atoms with Crippen molar-refractivity contribution in [3.05, 3.63) is 193 Å². The molecule has 0 unspecified atom stereocenters. The minimum absolute atomic E-state index is 0.0977. The normalized spacial score (nSPS) is 14.1. The van der Waals surface area contributed by atoms with Gasteiger partial charge in [-0.1, -0.05) is 159 Å². The predicted molar refractivity (Wildman–Crippen MR) is 272 cm³/mol. The molecule has 6 aromatic carbocycles. The van der Waals surface area contributed by atoms with Gasteiger partial charge in [0.25, 0.3) is 6.33 Å². The van der Waals surface area contributed by atoms with Crippen LogP contribution in [0.25, 0.3) is 72.3 Å². The van der Waals surface area contributed by atoms with Crippen molar-refractivity contribution in [2.45, 2.75) is 79.5 Å². The van der Waals surface area contributed by atoms with E-state index in [1.54, 1.807) is 18.5 Å². The summed E-state index contributed by atoms with van der Waals surface area (Å²) in [6.07, 6.45) is 7.28. The van der Waals surface area contributed by atoms with Gasteiger partial charge in [0, 0.05) is 38.2 Å². The average Bonchev–Trinajstić information content (AvgIpc) is 3.90. The van der Waals surface area contributed by atoms with Gasteiger partial charge in [0.2, 0.25) is 0 Å². The van der Waals surface area contributed by atoms with Gasteiger partial charge in [0.05, 0.1) is 40.3 Å². The van der Waals surface area contributed by atoms with Gasteiger partial charge in [0.15, 0.2) is 0 Å². The lowest BCUT2D eigenvalue weighted by Crippen LogP contribution is -2.31. The first-order valence-electron chi connectivity index (χ1n) is 25.9. The Morgan fingerprint density at radius 1 is 0.636 bits per heavy atom. The molecule has 4 heterocycles. The van der Waals surface area contributed by atoms with Crippen LogP contribution in [0, 0.1) is 11.7 Å². The van der Waals surface area contributed by atoms with Gasteiger partial charge in [-0.15, -0.1) is 0 Å². The highest BCUT2D eigenvalue weighted by atomic mass is 16.5. The average molecular weight is 871 g/mol. The van der Waals surface area contributed by atoms with Crippen molar-refractivity contribution in [3.63, 3.8) is 0 Å². The molecular formula is C60H57N5O. The number of hydrogen-bond acceptors (Lipinski definition) is 3. The summed E-state index contributed by atoms with van der Waals surface area (Å²) >= 11 is 0. The third kappa shape index (κ3) is 8.17. The number of imidazole rings is 1. The first-order valence-corrected chi connectivity index (χ1v) is 22.4. The lowest BCUT2D eigenvalue weighted by molar-refractivity contribution is -0.571. The zero-order valence-electron chi connectivity index (χ0n) is 45.9. The Hall–Kier alpha value is -7.31. The summed E-state index contributed by atoms with van der Waals surface area (Å²) in [6.45, 7) is 18.9. The van der Waals surface area contributed by atoms with E-state index < -0.39 is 29.9 Å². The van der Waals surface area contributed by atoms with Crippen LogP contribution in [0.15, 0.2) is 170 Å². The van der Waals surface area contributed by atoms with Crippen molar-refractivity contribution in [2.24, 2.45) is 5.41 Å². The smallest absolute Gasteiger partial charge is 0.269 e. The second kappa shape index (κ2) is 16.3. The van der Waals surface area contributed by atoms with Crippen LogP contribution in [0.5, 0.6) is 11.5 Å². The molecular weight excluding hydrogens is 807 g/mol. The molecule has 6 nitrogen and oxygen atoms in total. The zero-order chi connectivity index (χ0) is 52.1. The largest absolute Gasteiger partial charge is 0.458 e. The summed E-state index contributed by atoms with van der Waals surface area (Å²) < 4.78 is 75.0. The minimum Gasteiger partial charge on any atom is -0.458 e. The Morgan fingerprint density at radius 3 is 2.09 bits per heavy atom. The molecule has 0 aliphatic rings. The van der Waals surface area contributed by atoms with E-state index in [0.29, 0.717) is 34.1 Å². The number of nitrogens with zero attached hydrogens (tertiary/aromatic N) is 5. The first kappa shape index (κ1) is 35.0. The van der Waals surface area contributed by atoms with Crippen LogP contribution in [0.3, 0.4) is 0 Å². The van der Waals surface area contributed by atoms with Crippen LogP contribution in [-0.4, -0.2) is 19.1 Å². The van der Waals surface area contributed by atoms with Crippen molar-refractivity contribution < 1.29 is 18.9 Å². The van der Waals surface area contributed by atoms with E-state index >= 15 is 0 Å². The molecule has 0 bridgehead atoms. The highest BCUT2D eigenvalue weighted by Gasteiger charge is 2.25. The number of ether oxygens (including phenoxy) is 1. The standard InChI is InChI=1S/C60H57N5O/c1-58(2,3)37-40-27-30-62-56(31-40)65-52-28-29-61-38-51(52)50-26-25-47(36-55(50)65)66-46-20-15-19-45(35-46)63-39-64(54-24-14-13-23-53(54)63)57-48(41-17-11-10-12-18-41)21-16-22-49(57)42-32-43(59(4,5)6)34-44(33-42)60(7,8)9/h10-36,38H,37H2,1-9H3/i10D,11D,12D,17D,18D,37D2. The van der Waals surface area contributed by atoms with E-state index in [1.165, 1.54) is 0 Å². The molecule has 0 spiro atoms. The third-order valence-electron chi connectivity index (χ3n) is 11.9. The molecule has 10 rings (SSSR count). The Labute approximate surface area is 398 Å². The Morgan fingerprint density at radius 2 is 1.35 bits per heavy atom. The lowest BCUT2D eigenvalue weighted by Gasteiger charge is -2.27. The number of fused-ring (bicyclic) bond motifs is 4. The van der Waals surface area contributed by atoms with E-state index in [1.807, 2.05) is 138 Å². The van der Waals surface area contributed by atoms with Crippen molar-refractivity contribution in [2.75, 3.05) is 0 Å². The van der Waals surface area contributed by atoms with E-state index in [0.717, 1.165) is 60.8 Å². The molecule has 10 aromatic rings. The number of para-hydroxylation sites is 3. The van der Waals surface area contributed by atoms with Crippen LogP contribution < -0.4 is 9.30 Å². The van der Waals surface area contributed by atoms with Crippen LogP contribution >= 0.6 is 0 Å². The molecule has 0 radical (unpaired) electrons. The van der Waals surface area contributed by atoms with Crippen LogP contribution in [0.1, 0.15) is 88.6 Å². The van der Waals surface area contributed by atoms with E-state index in [-0.39, 0.29) is 28.5 Å². The zero-order valence-corrected chi connectivity index (χ0v) is 38.9. The molecule has 0 saturated heterocycles. The summed E-state index contributed by atoms with van der Waals surface area (Å²) in [5.41, 5.74) is 8.71. The quantitative estimate of drug-likeness (QED) is 0.113. The maximum Gasteiger partial charge on any atom is 0.269 e. The molecule has 0 amide bonds. The molecule has 0 N–H and O–H groups in total. The Balaban J connectivity index is 1.14. The molecule has 0 saturated carbocycles. The maximum atomic E-state index is 9.20. The summed E-state index contributed by atoms with van der Waals surface area (Å²) in [5, 5.41) is 1.87. The number of aromatic nitrogens is 5. The summed E-state index contributed by atoms with van der Waals surface area (Å²) in [6, 6.07) is 37.7. The second-order valence-corrected chi connectivity index (χ2v) is 20.0. The van der Waals surface area contributed by atoms with Crippen molar-refractivity contribution in [1.29, 1.82) is 0 Å². The second-order valence-electron chi connectivity index (χ2n) is 20.0. The number of hydrogen-bond donors (Lipinski definition) is 0. The van der Waals surface area contributed by atoms with Gasteiger partial charge < -0.3 is 4.74 Å². The van der Waals surface area contributed by atoms with Crippen LogP contribution in [0.4, 0.5) is 0 Å². The van der Waals surface area contributed by atoms with E-state index in [9.17, 15) is 2.74 Å². The van der Waals surface area contributed by atoms with Gasteiger partial charge in [-0.3, -0.25) is 18.7 Å². The Bertz CT molecular complexity index is 3770. The maximum absolute atomic E-state index is 9.20. The molecule has 66 heavy (non-hydrogen) atoms. The highest BCUT2D eigenvalue weighted by molar-refractivity contribution is 6.09. The lowest BCUT2D eigenvalue weighted by atomic mass is 9.78. The van der Waals surface area contributed by atoms with E-state index in [2.05, 4.69) is 71.1 Å². The fraction of sp³-hybridized carbons (Fsp3) is 0.217. The van der Waals surface area contributed by atoms with Gasteiger partial charge in [-0.05, 0) is 110 Å². The van der Waals surface area contributed by atoms with Gasteiger partial charge in [-0.2, -0.15) is 0 Å². The number of pyridine rings is 2. The number of benzene rings is 6. The molecule has 0 atom stereocenters. The predicted octanol–water partition coefficient (Wildman–Crippen LogP) is 14.9. The molecule has 4 aromatic heterocycles. The fourth-order valence-corrected chi connectivity index (χ4v) is 8.70. The van der Waals surface area contributed by atoms with Crippen molar-refractivity contribution in [1.82, 2.24) is 19.1 Å². The van der Waals surface area contributed by atoms with E-state index in [4.69, 9.17) is 16.6 Å². The SMILES string of the molecule is [2H]c1c([2H])c([2H])c(-c2cccc(-c3cc(C(C)(C)C)cc(C(C)(C)C)c3)c2-[n+]2[c-]n(-c3cccc(Oc4ccc5c6cnccc6n(-c6cc(C([2H])([2H])C(C)(C)C)ccn6)c5c4)c3)c3ccccc32)c([2H])c1[2H]. The third-order valence-corrected chi connectivity index (χ3v) is 11.9. The van der Waals surface area contributed by atoms with Gasteiger partial charge in [0.1, 0.15) is 17.3 Å². The summed E-state index contributed by atoms with van der Waals surface area (Å²) in [7, 11) is 0. The van der Waals surface area contributed by atoms with Gasteiger partial charge >= 0.3 is 0 Å². The van der Waals surface area contributed by atoms with Gasteiger partial charge in [-0.25, -0.2) is 4.98 Å². The number of rotatable bonds is 8. The monoisotopic (exact) mass is 871 g/mol. The fourth-order valence-electron chi connectivity index (χ4n) is 8.70. The Kier molecular flexibility index (Phi) is 8.64. The molecule has 0 fully saturated rings. The van der Waals surface area contributed by atoms with Crippen molar-refractivity contribution in [3.8, 4) is 50.9 Å². The molecule has 6 heteroatoms. The van der Waals surface area contributed by atoms with Crippen molar-refractivity contribution >= 4 is 32.8 Å². The van der Waals surface area contributed by atoms with Crippen LogP contribution in [-0.2, 0) is 17.2 Å². The summed E-state index contributed by atoms with van der Waals surface area (Å²) in [5.74, 6) is 1.71. The van der Waals surface area contributed by atoms with Crippen LogP contribution in [0.2, 0.25) is 0 Å². The molecule has 328 valence electrons. The molecule has 0 aliphatic carbocycles. The topological polar surface area (TPSA) is 48.8 Å². The molecule has 0 aliphatic heterocycles.